The Kier molecular flexibility index (Phi) is 6.41. The van der Waals surface area contributed by atoms with E-state index in [9.17, 15) is 0 Å². The molecule has 0 unspecified atom stereocenters. The Balaban J connectivity index is 1.17. The van der Waals surface area contributed by atoms with Crippen molar-refractivity contribution in [1.29, 1.82) is 0 Å². The van der Waals surface area contributed by atoms with Gasteiger partial charge in [-0.3, -0.25) is 0 Å². The van der Waals surface area contributed by atoms with Crippen LogP contribution in [0.15, 0.2) is 206 Å². The predicted octanol–water partition coefficient (Wildman–Crippen LogP) is 14.1. The minimum atomic E-state index is 1.12. The summed E-state index contributed by atoms with van der Waals surface area (Å²) in [5, 5.41) is 9.91. The highest BCUT2D eigenvalue weighted by molar-refractivity contribution is 6.24. The van der Waals surface area contributed by atoms with E-state index in [2.05, 4.69) is 225 Å². The van der Waals surface area contributed by atoms with Crippen molar-refractivity contribution in [2.75, 3.05) is 0 Å². The molecule has 4 heterocycles. The lowest BCUT2D eigenvalue weighted by molar-refractivity contribution is 1.14. The average Bonchev–Trinajstić information content (AvgIpc) is 4.01. The number of rotatable bonds is 4. The lowest BCUT2D eigenvalue weighted by atomic mass is 10.1. The summed E-state index contributed by atoms with van der Waals surface area (Å²) < 4.78 is 9.84. The van der Waals surface area contributed by atoms with Gasteiger partial charge in [-0.15, -0.1) is 0 Å². The second kappa shape index (κ2) is 11.8. The van der Waals surface area contributed by atoms with E-state index in [-0.39, 0.29) is 0 Å². The molecule has 0 atom stereocenters. The molecule has 9 aromatic carbocycles. The molecule has 0 aliphatic heterocycles. The molecule has 13 aromatic rings. The van der Waals surface area contributed by atoms with Crippen LogP contribution in [0.25, 0.3) is 110 Å². The van der Waals surface area contributed by atoms with Crippen LogP contribution < -0.4 is 0 Å². The minimum Gasteiger partial charge on any atom is -0.309 e. The number of para-hydroxylation sites is 6. The van der Waals surface area contributed by atoms with Crippen LogP contribution in [0.3, 0.4) is 0 Å². The molecule has 4 nitrogen and oxygen atoms in total. The van der Waals surface area contributed by atoms with Crippen LogP contribution in [0.4, 0.5) is 0 Å². The molecule has 0 radical (unpaired) electrons. The normalized spacial score (nSPS) is 12.1. The summed E-state index contributed by atoms with van der Waals surface area (Å²) in [5.41, 5.74) is 14.1. The molecule has 0 spiro atoms. The topological polar surface area (TPSA) is 19.7 Å². The van der Waals surface area contributed by atoms with E-state index in [0.29, 0.717) is 0 Å². The van der Waals surface area contributed by atoms with Crippen LogP contribution in [-0.4, -0.2) is 18.3 Å². The van der Waals surface area contributed by atoms with Crippen molar-refractivity contribution < 1.29 is 0 Å². The van der Waals surface area contributed by atoms with Gasteiger partial charge in [0.05, 0.1) is 44.1 Å². The first kappa shape index (κ1) is 31.4. The third kappa shape index (κ3) is 4.23. The van der Waals surface area contributed by atoms with Gasteiger partial charge in [0.1, 0.15) is 0 Å². The van der Waals surface area contributed by atoms with Crippen molar-refractivity contribution in [3.05, 3.63) is 206 Å². The fourth-order valence-corrected chi connectivity index (χ4v) is 9.93. The molecule has 4 heteroatoms. The maximum Gasteiger partial charge on any atom is 0.0788 e. The Labute approximate surface area is 333 Å². The Bertz CT molecular complexity index is 3770. The van der Waals surface area contributed by atoms with Gasteiger partial charge >= 0.3 is 0 Å². The van der Waals surface area contributed by atoms with Crippen molar-refractivity contribution in [3.8, 4) is 22.7 Å². The summed E-state index contributed by atoms with van der Waals surface area (Å²) in [5.74, 6) is 0. The molecule has 58 heavy (non-hydrogen) atoms. The zero-order valence-corrected chi connectivity index (χ0v) is 31.4. The van der Waals surface area contributed by atoms with E-state index in [0.717, 1.165) is 22.7 Å². The van der Waals surface area contributed by atoms with Gasteiger partial charge in [-0.05, 0) is 78.9 Å². The Hall–Kier alpha value is -7.82. The average molecular weight is 739 g/mol. The Morgan fingerprint density at radius 3 is 1.02 bits per heavy atom. The third-order valence-electron chi connectivity index (χ3n) is 12.3. The summed E-state index contributed by atoms with van der Waals surface area (Å²) in [4.78, 5) is 0. The second-order valence-electron chi connectivity index (χ2n) is 15.3. The molecule has 13 rings (SSSR count). The van der Waals surface area contributed by atoms with Gasteiger partial charge in [0.2, 0.25) is 0 Å². The number of aromatic nitrogens is 4. The number of benzene rings is 9. The summed E-state index contributed by atoms with van der Waals surface area (Å²) in [6.45, 7) is 0. The quantitative estimate of drug-likeness (QED) is 0.171. The molecule has 270 valence electrons. The van der Waals surface area contributed by atoms with E-state index < -0.39 is 0 Å². The van der Waals surface area contributed by atoms with Gasteiger partial charge in [-0.25, -0.2) is 0 Å². The molecular weight excluding hydrogens is 705 g/mol. The molecule has 0 saturated heterocycles. The molecule has 0 bridgehead atoms. The molecule has 0 saturated carbocycles. The standard InChI is InChI=1S/C54H34N4/c1-4-16-35(17-5-1)55-47-25-13-12-24-41(47)45-33-52-46(34-51(45)55)42-29-28-38(32-50(42)56(52)36-18-6-2-7-19-36)58-49-27-15-11-23-40(49)44-31-30-43-39-22-10-14-26-48(39)57(53(43)54(44)58)37-20-8-3-9-21-37/h1-34H. The van der Waals surface area contributed by atoms with Gasteiger partial charge in [-0.1, -0.05) is 127 Å². The maximum atomic E-state index is 2.51. The molecule has 4 aromatic heterocycles. The molecule has 0 aliphatic rings. The summed E-state index contributed by atoms with van der Waals surface area (Å²) in [6.07, 6.45) is 0. The lowest BCUT2D eigenvalue weighted by Gasteiger charge is -2.13. The monoisotopic (exact) mass is 738 g/mol. The Morgan fingerprint density at radius 1 is 0.190 bits per heavy atom. The second-order valence-corrected chi connectivity index (χ2v) is 15.3. The van der Waals surface area contributed by atoms with E-state index in [4.69, 9.17) is 0 Å². The fourth-order valence-electron chi connectivity index (χ4n) is 9.93. The molecule has 0 aliphatic carbocycles. The Morgan fingerprint density at radius 2 is 0.517 bits per heavy atom. The summed E-state index contributed by atoms with van der Waals surface area (Å²) in [6, 6.07) is 75.4. The number of fused-ring (bicyclic) bond motifs is 13. The summed E-state index contributed by atoms with van der Waals surface area (Å²) in [7, 11) is 0. The van der Waals surface area contributed by atoms with Crippen molar-refractivity contribution >= 4 is 87.2 Å². The SMILES string of the molecule is c1ccc(-n2c3ccccc3c3cc4c(cc32)c2ccc(-n3c5ccccc5c5ccc6c7ccccc7n(-c7ccccc7)c6c53)cc2n4-c2ccccc2)cc1. The minimum absolute atomic E-state index is 1.12. The van der Waals surface area contributed by atoms with E-state index >= 15 is 0 Å². The van der Waals surface area contributed by atoms with Crippen LogP contribution in [0.2, 0.25) is 0 Å². The van der Waals surface area contributed by atoms with Gasteiger partial charge < -0.3 is 18.3 Å². The first-order chi connectivity index (χ1) is 28.8. The van der Waals surface area contributed by atoms with Gasteiger partial charge in [0, 0.05) is 65.8 Å². The number of nitrogens with zero attached hydrogens (tertiary/aromatic N) is 4. The van der Waals surface area contributed by atoms with Crippen LogP contribution in [0.1, 0.15) is 0 Å². The van der Waals surface area contributed by atoms with E-state index in [1.807, 2.05) is 0 Å². The predicted molar refractivity (Wildman–Crippen MR) is 244 cm³/mol. The zero-order valence-electron chi connectivity index (χ0n) is 31.4. The highest BCUT2D eigenvalue weighted by Gasteiger charge is 2.23. The van der Waals surface area contributed by atoms with Gasteiger partial charge in [-0.2, -0.15) is 0 Å². The maximum absolute atomic E-state index is 2.51. The van der Waals surface area contributed by atoms with Crippen LogP contribution in [-0.2, 0) is 0 Å². The fraction of sp³-hybridized carbons (Fsp3) is 0. The van der Waals surface area contributed by atoms with Crippen molar-refractivity contribution in [2.24, 2.45) is 0 Å². The van der Waals surface area contributed by atoms with E-state index in [1.54, 1.807) is 0 Å². The van der Waals surface area contributed by atoms with Crippen molar-refractivity contribution in [2.45, 2.75) is 0 Å². The van der Waals surface area contributed by atoms with Gasteiger partial charge in [0.15, 0.2) is 0 Å². The third-order valence-corrected chi connectivity index (χ3v) is 12.3. The first-order valence-electron chi connectivity index (χ1n) is 20.0. The number of hydrogen-bond donors (Lipinski definition) is 0. The first-order valence-corrected chi connectivity index (χ1v) is 20.0. The van der Waals surface area contributed by atoms with Gasteiger partial charge in [0.25, 0.3) is 0 Å². The molecule has 0 amide bonds. The smallest absolute Gasteiger partial charge is 0.0788 e. The molecular formula is C54H34N4. The highest BCUT2D eigenvalue weighted by Crippen LogP contribution is 2.44. The lowest BCUT2D eigenvalue weighted by Crippen LogP contribution is -1.99. The zero-order chi connectivity index (χ0) is 37.9. The highest BCUT2D eigenvalue weighted by atomic mass is 15.1. The van der Waals surface area contributed by atoms with Crippen molar-refractivity contribution in [1.82, 2.24) is 18.3 Å². The number of hydrogen-bond acceptors (Lipinski definition) is 0. The molecule has 0 N–H and O–H groups in total. The van der Waals surface area contributed by atoms with Crippen LogP contribution in [0, 0.1) is 0 Å². The van der Waals surface area contributed by atoms with Crippen LogP contribution in [0.5, 0.6) is 0 Å². The van der Waals surface area contributed by atoms with Crippen molar-refractivity contribution in [3.63, 3.8) is 0 Å². The van der Waals surface area contributed by atoms with Crippen LogP contribution >= 0.6 is 0 Å². The van der Waals surface area contributed by atoms with E-state index in [1.165, 1.54) is 87.2 Å². The summed E-state index contributed by atoms with van der Waals surface area (Å²) >= 11 is 0. The molecule has 0 fully saturated rings. The largest absolute Gasteiger partial charge is 0.309 e.